The van der Waals surface area contributed by atoms with Gasteiger partial charge in [0.15, 0.2) is 0 Å². The fraction of sp³-hybridized carbons (Fsp3) is 0.111. The van der Waals surface area contributed by atoms with E-state index in [9.17, 15) is 0 Å². The Labute approximate surface area is 86.0 Å². The molecule has 3 heteroatoms. The molecule has 0 aliphatic heterocycles. The van der Waals surface area contributed by atoms with Crippen LogP contribution in [0.5, 0.6) is 0 Å². The van der Waals surface area contributed by atoms with Gasteiger partial charge in [-0.25, -0.2) is 0 Å². The zero-order valence-electron chi connectivity index (χ0n) is 6.68. The maximum absolute atomic E-state index is 5.60. The Morgan fingerprint density at radius 1 is 1.58 bits per heavy atom. The number of nitrogens with one attached hydrogen (secondary N) is 1. The minimum absolute atomic E-state index is 0.778. The van der Waals surface area contributed by atoms with Crippen molar-refractivity contribution in [3.8, 4) is 0 Å². The van der Waals surface area contributed by atoms with Gasteiger partial charge in [-0.2, -0.15) is 0 Å². The van der Waals surface area contributed by atoms with E-state index in [0.717, 1.165) is 21.5 Å². The third kappa shape index (κ3) is 2.41. The van der Waals surface area contributed by atoms with Crippen molar-refractivity contribution < 1.29 is 0 Å². The molecule has 0 atom stereocenters. The Morgan fingerprint density at radius 3 is 2.92 bits per heavy atom. The van der Waals surface area contributed by atoms with Gasteiger partial charge < -0.3 is 11.1 Å². The van der Waals surface area contributed by atoms with Gasteiger partial charge in [0.1, 0.15) is 0 Å². The molecule has 1 aromatic rings. The lowest BCUT2D eigenvalue weighted by molar-refractivity contribution is 1.33. The van der Waals surface area contributed by atoms with Gasteiger partial charge in [0.25, 0.3) is 0 Å². The molecule has 0 aliphatic rings. The largest absolute Gasteiger partial charge is 0.399 e. The molecule has 64 valence electrons. The molecule has 0 saturated heterocycles. The Morgan fingerprint density at radius 2 is 2.33 bits per heavy atom. The van der Waals surface area contributed by atoms with Crippen molar-refractivity contribution in [1.29, 1.82) is 0 Å². The second-order valence-corrected chi connectivity index (χ2v) is 3.57. The van der Waals surface area contributed by atoms with Gasteiger partial charge in [-0.1, -0.05) is 6.08 Å². The van der Waals surface area contributed by atoms with Crippen LogP contribution in [0.3, 0.4) is 0 Å². The molecule has 1 rings (SSSR count). The van der Waals surface area contributed by atoms with E-state index in [2.05, 4.69) is 34.5 Å². The Kier molecular flexibility index (Phi) is 3.40. The van der Waals surface area contributed by atoms with Crippen molar-refractivity contribution in [1.82, 2.24) is 0 Å². The molecule has 0 saturated carbocycles. The Bertz CT molecular complexity index is 284. The third-order valence-electron chi connectivity index (χ3n) is 1.43. The van der Waals surface area contributed by atoms with E-state index < -0.39 is 0 Å². The second-order valence-electron chi connectivity index (χ2n) is 2.41. The SMILES string of the molecule is C=CCNc1ccc(N)cc1I. The van der Waals surface area contributed by atoms with Crippen LogP contribution in [0.2, 0.25) is 0 Å². The Balaban J connectivity index is 2.78. The molecular formula is C9H11IN2. The van der Waals surface area contributed by atoms with Crippen LogP contribution in [0, 0.1) is 3.57 Å². The molecule has 0 unspecified atom stereocenters. The average Bonchev–Trinajstić information content (AvgIpc) is 2.03. The van der Waals surface area contributed by atoms with E-state index in [-0.39, 0.29) is 0 Å². The molecule has 12 heavy (non-hydrogen) atoms. The fourth-order valence-electron chi connectivity index (χ4n) is 0.857. The predicted molar refractivity (Wildman–Crippen MR) is 62.3 cm³/mol. The van der Waals surface area contributed by atoms with Gasteiger partial charge in [-0.05, 0) is 40.8 Å². The van der Waals surface area contributed by atoms with Gasteiger partial charge in [-0.15, -0.1) is 6.58 Å². The van der Waals surface area contributed by atoms with Gasteiger partial charge in [0, 0.05) is 21.5 Å². The van der Waals surface area contributed by atoms with Crippen molar-refractivity contribution >= 4 is 34.0 Å². The van der Waals surface area contributed by atoms with Crippen molar-refractivity contribution in [2.45, 2.75) is 0 Å². The van der Waals surface area contributed by atoms with E-state index in [1.165, 1.54) is 0 Å². The second kappa shape index (κ2) is 4.35. The minimum atomic E-state index is 0.778. The molecule has 3 N–H and O–H groups in total. The molecule has 0 bridgehead atoms. The summed E-state index contributed by atoms with van der Waals surface area (Å²) in [6.07, 6.45) is 1.83. The van der Waals surface area contributed by atoms with Crippen molar-refractivity contribution in [2.75, 3.05) is 17.6 Å². The molecule has 0 heterocycles. The summed E-state index contributed by atoms with van der Waals surface area (Å²) in [4.78, 5) is 0. The summed E-state index contributed by atoms with van der Waals surface area (Å²) >= 11 is 2.25. The summed E-state index contributed by atoms with van der Waals surface area (Å²) in [7, 11) is 0. The lowest BCUT2D eigenvalue weighted by Gasteiger charge is -2.06. The number of halogens is 1. The number of anilines is 2. The van der Waals surface area contributed by atoms with Crippen LogP contribution in [0.25, 0.3) is 0 Å². The summed E-state index contributed by atoms with van der Waals surface area (Å²) in [5, 5.41) is 3.21. The highest BCUT2D eigenvalue weighted by atomic mass is 127. The summed E-state index contributed by atoms with van der Waals surface area (Å²) < 4.78 is 1.13. The van der Waals surface area contributed by atoms with E-state index in [0.29, 0.717) is 0 Å². The first kappa shape index (κ1) is 9.38. The smallest absolute Gasteiger partial charge is 0.0479 e. The van der Waals surface area contributed by atoms with Gasteiger partial charge in [0.05, 0.1) is 0 Å². The number of hydrogen-bond donors (Lipinski definition) is 2. The zero-order chi connectivity index (χ0) is 8.97. The van der Waals surface area contributed by atoms with Crippen LogP contribution in [-0.2, 0) is 0 Å². The topological polar surface area (TPSA) is 38.0 Å². The highest BCUT2D eigenvalue weighted by Gasteiger charge is 1.96. The average molecular weight is 274 g/mol. The number of benzene rings is 1. The first-order chi connectivity index (χ1) is 5.74. The zero-order valence-corrected chi connectivity index (χ0v) is 8.84. The van der Waals surface area contributed by atoms with Crippen molar-refractivity contribution in [2.24, 2.45) is 0 Å². The van der Waals surface area contributed by atoms with Crippen LogP contribution in [0.4, 0.5) is 11.4 Å². The normalized spacial score (nSPS) is 9.42. The van der Waals surface area contributed by atoms with Crippen LogP contribution in [0.1, 0.15) is 0 Å². The first-order valence-electron chi connectivity index (χ1n) is 3.64. The van der Waals surface area contributed by atoms with Crippen LogP contribution < -0.4 is 11.1 Å². The van der Waals surface area contributed by atoms with Crippen molar-refractivity contribution in [3.05, 3.63) is 34.4 Å². The van der Waals surface area contributed by atoms with E-state index in [1.54, 1.807) is 0 Å². The molecular weight excluding hydrogens is 263 g/mol. The van der Waals surface area contributed by atoms with E-state index in [4.69, 9.17) is 5.73 Å². The number of nitrogens with two attached hydrogens (primary N) is 1. The lowest BCUT2D eigenvalue weighted by Crippen LogP contribution is -2.00. The summed E-state index contributed by atoms with van der Waals surface area (Å²) in [6, 6.07) is 5.79. The number of nitrogen functional groups attached to an aromatic ring is 1. The Hall–Kier alpha value is -0.710. The van der Waals surface area contributed by atoms with Crippen LogP contribution in [-0.4, -0.2) is 6.54 Å². The monoisotopic (exact) mass is 274 g/mol. The molecule has 0 aromatic heterocycles. The standard InChI is InChI=1S/C9H11IN2/c1-2-5-12-9-4-3-7(11)6-8(9)10/h2-4,6,12H,1,5,11H2. The third-order valence-corrected chi connectivity index (χ3v) is 2.32. The molecule has 0 amide bonds. The molecule has 0 radical (unpaired) electrons. The van der Waals surface area contributed by atoms with Gasteiger partial charge in [-0.3, -0.25) is 0 Å². The maximum atomic E-state index is 5.60. The minimum Gasteiger partial charge on any atom is -0.399 e. The molecule has 2 nitrogen and oxygen atoms in total. The molecule has 0 aliphatic carbocycles. The maximum Gasteiger partial charge on any atom is 0.0479 e. The van der Waals surface area contributed by atoms with E-state index >= 15 is 0 Å². The lowest BCUT2D eigenvalue weighted by atomic mass is 10.3. The fourth-order valence-corrected chi connectivity index (χ4v) is 1.59. The summed E-state index contributed by atoms with van der Waals surface area (Å²) in [5.41, 5.74) is 7.50. The molecule has 0 fully saturated rings. The number of rotatable bonds is 3. The summed E-state index contributed by atoms with van der Waals surface area (Å²) in [6.45, 7) is 4.41. The van der Waals surface area contributed by atoms with Gasteiger partial charge >= 0.3 is 0 Å². The van der Waals surface area contributed by atoms with Gasteiger partial charge in [0.2, 0.25) is 0 Å². The van der Waals surface area contributed by atoms with Crippen LogP contribution >= 0.6 is 22.6 Å². The quantitative estimate of drug-likeness (QED) is 0.505. The predicted octanol–water partition coefficient (Wildman–Crippen LogP) is 2.47. The van der Waals surface area contributed by atoms with Crippen LogP contribution in [0.15, 0.2) is 30.9 Å². The number of hydrogen-bond acceptors (Lipinski definition) is 2. The molecule has 0 spiro atoms. The first-order valence-corrected chi connectivity index (χ1v) is 4.71. The van der Waals surface area contributed by atoms with E-state index in [1.807, 2.05) is 24.3 Å². The molecule has 1 aromatic carbocycles. The highest BCUT2D eigenvalue weighted by molar-refractivity contribution is 14.1. The summed E-state index contributed by atoms with van der Waals surface area (Å²) in [5.74, 6) is 0. The highest BCUT2D eigenvalue weighted by Crippen LogP contribution is 2.20. The van der Waals surface area contributed by atoms with Crippen molar-refractivity contribution in [3.63, 3.8) is 0 Å².